The molecule has 0 bridgehead atoms. The minimum atomic E-state index is -4.60. The first-order chi connectivity index (χ1) is 15.3. The van der Waals surface area contributed by atoms with E-state index in [2.05, 4.69) is 10.6 Å². The van der Waals surface area contributed by atoms with E-state index in [0.717, 1.165) is 6.07 Å². The number of ketones is 1. The smallest absolute Gasteiger partial charge is 0.355 e. The average molecular weight is 472 g/mol. The summed E-state index contributed by atoms with van der Waals surface area (Å²) in [6.07, 6.45) is -10.4. The molecule has 1 aliphatic rings. The van der Waals surface area contributed by atoms with Gasteiger partial charge in [-0.05, 0) is 49.6 Å². The highest BCUT2D eigenvalue weighted by Crippen LogP contribution is 2.49. The van der Waals surface area contributed by atoms with Crippen molar-refractivity contribution < 1.29 is 35.9 Å². The van der Waals surface area contributed by atoms with Crippen molar-refractivity contribution in [2.24, 2.45) is 5.41 Å². The molecule has 2 aromatic rings. The second-order valence-electron chi connectivity index (χ2n) is 8.34. The largest absolute Gasteiger partial charge is 0.418 e. The Morgan fingerprint density at radius 1 is 0.970 bits per heavy atom. The van der Waals surface area contributed by atoms with E-state index >= 15 is 0 Å². The van der Waals surface area contributed by atoms with Crippen LogP contribution < -0.4 is 10.6 Å². The van der Waals surface area contributed by atoms with Crippen LogP contribution in [0.4, 0.5) is 37.7 Å². The molecule has 0 saturated heterocycles. The van der Waals surface area contributed by atoms with Gasteiger partial charge in [0.15, 0.2) is 0 Å². The SMILES string of the molecule is Cc1ccc(Nc2ccc(CNC(=O)C3(CC(=O)CC(F)(F)F)CC3)cc2)c(C(F)(F)F)c1. The summed E-state index contributed by atoms with van der Waals surface area (Å²) in [6.45, 7) is 1.65. The van der Waals surface area contributed by atoms with E-state index in [1.54, 1.807) is 37.3 Å². The van der Waals surface area contributed by atoms with E-state index in [1.165, 1.54) is 6.07 Å². The van der Waals surface area contributed by atoms with Crippen LogP contribution in [-0.4, -0.2) is 17.9 Å². The summed E-state index contributed by atoms with van der Waals surface area (Å²) in [6, 6.07) is 10.3. The zero-order chi connectivity index (χ0) is 24.4. The Bertz CT molecular complexity index is 1020. The normalized spacial score (nSPS) is 15.1. The van der Waals surface area contributed by atoms with Crippen molar-refractivity contribution in [2.75, 3.05) is 5.32 Å². The fourth-order valence-corrected chi connectivity index (χ4v) is 3.53. The summed E-state index contributed by atoms with van der Waals surface area (Å²) >= 11 is 0. The van der Waals surface area contributed by atoms with Gasteiger partial charge in [-0.2, -0.15) is 26.3 Å². The van der Waals surface area contributed by atoms with Crippen molar-refractivity contribution >= 4 is 23.1 Å². The lowest BCUT2D eigenvalue weighted by Crippen LogP contribution is -2.33. The molecule has 4 nitrogen and oxygen atoms in total. The molecule has 1 saturated carbocycles. The molecular formula is C23H22F6N2O2. The Labute approximate surface area is 186 Å². The van der Waals surface area contributed by atoms with Gasteiger partial charge in [0.2, 0.25) is 5.91 Å². The van der Waals surface area contributed by atoms with Gasteiger partial charge in [-0.15, -0.1) is 0 Å². The molecule has 2 aromatic carbocycles. The maximum absolute atomic E-state index is 13.3. The summed E-state index contributed by atoms with van der Waals surface area (Å²) in [5.74, 6) is -1.49. The van der Waals surface area contributed by atoms with Gasteiger partial charge in [0.1, 0.15) is 12.2 Å². The summed E-state index contributed by atoms with van der Waals surface area (Å²) in [7, 11) is 0. The predicted octanol–water partition coefficient (Wildman–Crippen LogP) is 6.07. The maximum atomic E-state index is 13.3. The minimum Gasteiger partial charge on any atom is -0.355 e. The topological polar surface area (TPSA) is 58.2 Å². The van der Waals surface area contributed by atoms with Crippen LogP contribution in [0.2, 0.25) is 0 Å². The standard InChI is InChI=1S/C23H22F6N2O2/c1-14-2-7-19(18(10-14)23(27,28)29)31-16-5-3-15(4-6-16)13-30-20(33)21(8-9-21)11-17(32)12-22(24,25)26/h2-7,10,31H,8-9,11-13H2,1H3,(H,30,33). The van der Waals surface area contributed by atoms with Gasteiger partial charge in [0, 0.05) is 18.7 Å². The monoisotopic (exact) mass is 472 g/mol. The van der Waals surface area contributed by atoms with Crippen LogP contribution in [0.1, 0.15) is 42.4 Å². The molecule has 1 aliphatic carbocycles. The molecular weight excluding hydrogens is 450 g/mol. The highest BCUT2D eigenvalue weighted by atomic mass is 19.4. The molecule has 1 amide bonds. The Morgan fingerprint density at radius 2 is 1.61 bits per heavy atom. The number of hydrogen-bond acceptors (Lipinski definition) is 3. The summed E-state index contributed by atoms with van der Waals surface area (Å²) in [5.41, 5.74) is -0.417. The van der Waals surface area contributed by atoms with Gasteiger partial charge in [-0.25, -0.2) is 0 Å². The molecule has 0 spiro atoms. The van der Waals surface area contributed by atoms with Crippen molar-refractivity contribution in [3.63, 3.8) is 0 Å². The first kappa shape index (κ1) is 24.6. The number of anilines is 2. The molecule has 0 atom stereocenters. The number of benzene rings is 2. The van der Waals surface area contributed by atoms with Crippen LogP contribution in [0.5, 0.6) is 0 Å². The fourth-order valence-electron chi connectivity index (χ4n) is 3.53. The molecule has 0 aliphatic heterocycles. The highest BCUT2D eigenvalue weighted by molar-refractivity contribution is 5.92. The summed E-state index contributed by atoms with van der Waals surface area (Å²) < 4.78 is 76.9. The number of hydrogen-bond donors (Lipinski definition) is 2. The quantitative estimate of drug-likeness (QED) is 0.459. The van der Waals surface area contributed by atoms with E-state index in [1.807, 2.05) is 0 Å². The van der Waals surface area contributed by atoms with Crippen molar-refractivity contribution in [3.05, 3.63) is 59.2 Å². The fraction of sp³-hybridized carbons (Fsp3) is 0.391. The van der Waals surface area contributed by atoms with Gasteiger partial charge in [-0.3, -0.25) is 9.59 Å². The zero-order valence-electron chi connectivity index (χ0n) is 17.7. The van der Waals surface area contributed by atoms with Gasteiger partial charge >= 0.3 is 12.4 Å². The summed E-state index contributed by atoms with van der Waals surface area (Å²) in [5, 5.41) is 5.37. The molecule has 178 valence electrons. The number of aryl methyl sites for hydroxylation is 1. The first-order valence-corrected chi connectivity index (χ1v) is 10.2. The van der Waals surface area contributed by atoms with E-state index < -0.39 is 47.9 Å². The van der Waals surface area contributed by atoms with Crippen molar-refractivity contribution in [3.8, 4) is 0 Å². The molecule has 2 N–H and O–H groups in total. The molecule has 0 heterocycles. The van der Waals surface area contributed by atoms with Crippen LogP contribution >= 0.6 is 0 Å². The molecule has 3 rings (SSSR count). The molecule has 0 radical (unpaired) electrons. The minimum absolute atomic E-state index is 0.0760. The molecule has 0 unspecified atom stereocenters. The lowest BCUT2D eigenvalue weighted by molar-refractivity contribution is -0.154. The number of rotatable bonds is 8. The number of halogens is 6. The van der Waals surface area contributed by atoms with Gasteiger partial charge in [-0.1, -0.05) is 23.8 Å². The number of nitrogens with one attached hydrogen (secondary N) is 2. The van der Waals surface area contributed by atoms with Gasteiger partial charge in [0.05, 0.1) is 16.7 Å². The Kier molecular flexibility index (Phi) is 6.76. The van der Waals surface area contributed by atoms with Crippen LogP contribution in [0.3, 0.4) is 0 Å². The third-order valence-electron chi connectivity index (χ3n) is 5.43. The second-order valence-corrected chi connectivity index (χ2v) is 8.34. The number of alkyl halides is 6. The predicted molar refractivity (Wildman–Crippen MR) is 110 cm³/mol. The lowest BCUT2D eigenvalue weighted by atomic mass is 9.96. The maximum Gasteiger partial charge on any atom is 0.418 e. The van der Waals surface area contributed by atoms with E-state index in [-0.39, 0.29) is 12.2 Å². The van der Waals surface area contributed by atoms with Crippen LogP contribution in [0, 0.1) is 12.3 Å². The average Bonchev–Trinajstić information content (AvgIpc) is 3.46. The van der Waals surface area contributed by atoms with E-state index in [0.29, 0.717) is 29.7 Å². The lowest BCUT2D eigenvalue weighted by Gasteiger charge is -2.16. The van der Waals surface area contributed by atoms with Gasteiger partial charge < -0.3 is 10.6 Å². The number of Topliss-reactive ketones (excluding diaryl/α,β-unsaturated/α-hetero) is 1. The first-order valence-electron chi connectivity index (χ1n) is 10.2. The number of carbonyl (C=O) groups excluding carboxylic acids is 2. The number of amides is 1. The van der Waals surface area contributed by atoms with Crippen molar-refractivity contribution in [1.29, 1.82) is 0 Å². The van der Waals surface area contributed by atoms with Crippen molar-refractivity contribution in [1.82, 2.24) is 5.32 Å². The van der Waals surface area contributed by atoms with Crippen LogP contribution in [0.15, 0.2) is 42.5 Å². The molecule has 1 fully saturated rings. The Morgan fingerprint density at radius 3 is 2.15 bits per heavy atom. The molecule has 33 heavy (non-hydrogen) atoms. The van der Waals surface area contributed by atoms with E-state index in [4.69, 9.17) is 0 Å². The molecule has 10 heteroatoms. The van der Waals surface area contributed by atoms with Crippen molar-refractivity contribution in [2.45, 2.75) is 51.5 Å². The van der Waals surface area contributed by atoms with Crippen LogP contribution in [-0.2, 0) is 22.3 Å². The summed E-state index contributed by atoms with van der Waals surface area (Å²) in [4.78, 5) is 24.0. The zero-order valence-corrected chi connectivity index (χ0v) is 17.7. The van der Waals surface area contributed by atoms with E-state index in [9.17, 15) is 35.9 Å². The molecule has 0 aromatic heterocycles. The second kappa shape index (κ2) is 9.07. The highest BCUT2D eigenvalue weighted by Gasteiger charge is 2.51. The third kappa shape index (κ3) is 6.72. The Hall–Kier alpha value is -3.04. The van der Waals surface area contributed by atoms with Gasteiger partial charge in [0.25, 0.3) is 0 Å². The number of carbonyl (C=O) groups is 2. The Balaban J connectivity index is 1.58. The third-order valence-corrected chi connectivity index (χ3v) is 5.43. The van der Waals surface area contributed by atoms with Crippen LogP contribution in [0.25, 0.3) is 0 Å².